The maximum atomic E-state index is 12.5. The molecular formula is C17H19N3O. The van der Waals surface area contributed by atoms with E-state index in [-0.39, 0.29) is 5.91 Å². The first kappa shape index (κ1) is 13.5. The molecule has 2 aromatic carbocycles. The van der Waals surface area contributed by atoms with Gasteiger partial charge in [-0.3, -0.25) is 4.79 Å². The number of likely N-dealkylation sites (tertiary alicyclic amines) is 1. The van der Waals surface area contributed by atoms with Crippen LogP contribution in [0.25, 0.3) is 0 Å². The van der Waals surface area contributed by atoms with Gasteiger partial charge >= 0.3 is 0 Å². The van der Waals surface area contributed by atoms with Gasteiger partial charge in [-0.25, -0.2) is 0 Å². The Balaban J connectivity index is 1.75. The van der Waals surface area contributed by atoms with E-state index in [1.165, 1.54) is 5.56 Å². The van der Waals surface area contributed by atoms with E-state index in [0.29, 0.717) is 22.9 Å². The SMILES string of the molecule is Nc1cc(N)cc(C(=O)N2CCC(c3ccccc3)C2)c1. The fourth-order valence-corrected chi connectivity index (χ4v) is 2.92. The molecule has 4 heteroatoms. The molecule has 1 aliphatic rings. The van der Waals surface area contributed by atoms with Crippen molar-refractivity contribution in [3.8, 4) is 0 Å². The maximum absolute atomic E-state index is 12.5. The minimum Gasteiger partial charge on any atom is -0.399 e. The van der Waals surface area contributed by atoms with Crippen molar-refractivity contribution >= 4 is 17.3 Å². The number of benzene rings is 2. The lowest BCUT2D eigenvalue weighted by atomic mass is 9.99. The average Bonchev–Trinajstić information content (AvgIpc) is 2.96. The van der Waals surface area contributed by atoms with Gasteiger partial charge in [-0.05, 0) is 30.2 Å². The number of rotatable bonds is 2. The second-order valence-corrected chi connectivity index (χ2v) is 5.54. The van der Waals surface area contributed by atoms with Gasteiger partial charge in [-0.15, -0.1) is 0 Å². The number of carbonyl (C=O) groups is 1. The van der Waals surface area contributed by atoms with Crippen molar-refractivity contribution in [1.29, 1.82) is 0 Å². The van der Waals surface area contributed by atoms with E-state index in [0.717, 1.165) is 19.5 Å². The first-order valence-electron chi connectivity index (χ1n) is 7.14. The summed E-state index contributed by atoms with van der Waals surface area (Å²) >= 11 is 0. The van der Waals surface area contributed by atoms with Crippen molar-refractivity contribution in [1.82, 2.24) is 4.90 Å². The molecule has 1 saturated heterocycles. The summed E-state index contributed by atoms with van der Waals surface area (Å²) in [5, 5.41) is 0. The lowest BCUT2D eigenvalue weighted by Crippen LogP contribution is -2.28. The summed E-state index contributed by atoms with van der Waals surface area (Å²) < 4.78 is 0. The van der Waals surface area contributed by atoms with Crippen LogP contribution in [0.4, 0.5) is 11.4 Å². The van der Waals surface area contributed by atoms with Gasteiger partial charge in [0.25, 0.3) is 5.91 Å². The second kappa shape index (κ2) is 5.48. The number of hydrogen-bond donors (Lipinski definition) is 2. The van der Waals surface area contributed by atoms with Crippen LogP contribution in [0.2, 0.25) is 0 Å². The molecule has 21 heavy (non-hydrogen) atoms. The summed E-state index contributed by atoms with van der Waals surface area (Å²) in [7, 11) is 0. The number of anilines is 2. The van der Waals surface area contributed by atoms with Crippen molar-refractivity contribution in [3.63, 3.8) is 0 Å². The summed E-state index contributed by atoms with van der Waals surface area (Å²) in [5.74, 6) is 0.418. The third kappa shape index (κ3) is 2.84. The minimum atomic E-state index is 0.00688. The van der Waals surface area contributed by atoms with Crippen molar-refractivity contribution in [2.45, 2.75) is 12.3 Å². The van der Waals surface area contributed by atoms with Gasteiger partial charge in [-0.2, -0.15) is 0 Å². The van der Waals surface area contributed by atoms with E-state index in [2.05, 4.69) is 12.1 Å². The Hall–Kier alpha value is -2.49. The van der Waals surface area contributed by atoms with Crippen molar-refractivity contribution in [3.05, 3.63) is 59.7 Å². The monoisotopic (exact) mass is 281 g/mol. The average molecular weight is 281 g/mol. The summed E-state index contributed by atoms with van der Waals surface area (Å²) in [6.45, 7) is 1.52. The lowest BCUT2D eigenvalue weighted by Gasteiger charge is -2.17. The Morgan fingerprint density at radius 2 is 1.71 bits per heavy atom. The molecular weight excluding hydrogens is 262 g/mol. The number of carbonyl (C=O) groups excluding carboxylic acids is 1. The molecule has 1 unspecified atom stereocenters. The van der Waals surface area contributed by atoms with Crippen LogP contribution in [0.3, 0.4) is 0 Å². The topological polar surface area (TPSA) is 72.3 Å². The van der Waals surface area contributed by atoms with Gasteiger partial charge in [0.1, 0.15) is 0 Å². The lowest BCUT2D eigenvalue weighted by molar-refractivity contribution is 0.0791. The van der Waals surface area contributed by atoms with Crippen LogP contribution in [-0.2, 0) is 0 Å². The highest BCUT2D eigenvalue weighted by atomic mass is 16.2. The first-order valence-corrected chi connectivity index (χ1v) is 7.14. The van der Waals surface area contributed by atoms with Crippen LogP contribution in [0, 0.1) is 0 Å². The first-order chi connectivity index (χ1) is 10.1. The van der Waals surface area contributed by atoms with Crippen molar-refractivity contribution < 1.29 is 4.79 Å². The van der Waals surface area contributed by atoms with Gasteiger partial charge in [0.2, 0.25) is 0 Å². The van der Waals surface area contributed by atoms with Crippen LogP contribution in [0.5, 0.6) is 0 Å². The standard InChI is InChI=1S/C17H19N3O/c18-15-8-14(9-16(19)10-15)17(21)20-7-6-13(11-20)12-4-2-1-3-5-12/h1-5,8-10,13H,6-7,11,18-19H2. The largest absolute Gasteiger partial charge is 0.399 e. The maximum Gasteiger partial charge on any atom is 0.254 e. The van der Waals surface area contributed by atoms with E-state index in [4.69, 9.17) is 11.5 Å². The van der Waals surface area contributed by atoms with Crippen LogP contribution >= 0.6 is 0 Å². The molecule has 1 atom stereocenters. The predicted octanol–water partition coefficient (Wildman–Crippen LogP) is 2.48. The molecule has 4 nitrogen and oxygen atoms in total. The van der Waals surface area contributed by atoms with Gasteiger partial charge < -0.3 is 16.4 Å². The number of nitrogen functional groups attached to an aromatic ring is 2. The highest BCUT2D eigenvalue weighted by Gasteiger charge is 2.28. The Morgan fingerprint density at radius 3 is 2.38 bits per heavy atom. The van der Waals surface area contributed by atoms with Gasteiger partial charge in [0, 0.05) is 35.9 Å². The fourth-order valence-electron chi connectivity index (χ4n) is 2.92. The number of hydrogen-bond acceptors (Lipinski definition) is 3. The highest BCUT2D eigenvalue weighted by molar-refractivity contribution is 5.96. The Bertz CT molecular complexity index is 634. The summed E-state index contributed by atoms with van der Waals surface area (Å²) in [5.41, 5.74) is 14.4. The van der Waals surface area contributed by atoms with E-state index >= 15 is 0 Å². The molecule has 0 spiro atoms. The number of amides is 1. The van der Waals surface area contributed by atoms with Gasteiger partial charge in [0.15, 0.2) is 0 Å². The molecule has 0 aromatic heterocycles. The zero-order valence-electron chi connectivity index (χ0n) is 11.8. The Morgan fingerprint density at radius 1 is 1.05 bits per heavy atom. The van der Waals surface area contributed by atoms with E-state index in [1.807, 2.05) is 23.1 Å². The van der Waals surface area contributed by atoms with E-state index < -0.39 is 0 Å². The number of nitrogens with zero attached hydrogens (tertiary/aromatic N) is 1. The zero-order valence-corrected chi connectivity index (χ0v) is 11.8. The number of nitrogens with two attached hydrogens (primary N) is 2. The Kier molecular flexibility index (Phi) is 3.52. The highest BCUT2D eigenvalue weighted by Crippen LogP contribution is 2.28. The molecule has 4 N–H and O–H groups in total. The normalized spacial score (nSPS) is 17.9. The van der Waals surface area contributed by atoms with E-state index in [9.17, 15) is 4.79 Å². The van der Waals surface area contributed by atoms with Crippen LogP contribution in [-0.4, -0.2) is 23.9 Å². The molecule has 0 radical (unpaired) electrons. The molecule has 108 valence electrons. The molecule has 0 saturated carbocycles. The molecule has 1 amide bonds. The molecule has 2 aromatic rings. The fraction of sp³-hybridized carbons (Fsp3) is 0.235. The van der Waals surface area contributed by atoms with Crippen LogP contribution in [0.1, 0.15) is 28.3 Å². The minimum absolute atomic E-state index is 0.00688. The summed E-state index contributed by atoms with van der Waals surface area (Å²) in [4.78, 5) is 14.4. The molecule has 3 rings (SSSR count). The third-order valence-electron chi connectivity index (χ3n) is 3.97. The van der Waals surface area contributed by atoms with Crippen LogP contribution in [0.15, 0.2) is 48.5 Å². The quantitative estimate of drug-likeness (QED) is 0.831. The third-order valence-corrected chi connectivity index (χ3v) is 3.97. The second-order valence-electron chi connectivity index (χ2n) is 5.54. The molecule has 0 aliphatic carbocycles. The summed E-state index contributed by atoms with van der Waals surface area (Å²) in [6, 6.07) is 15.4. The molecule has 0 bridgehead atoms. The summed E-state index contributed by atoms with van der Waals surface area (Å²) in [6.07, 6.45) is 0.994. The smallest absolute Gasteiger partial charge is 0.254 e. The van der Waals surface area contributed by atoms with Crippen molar-refractivity contribution in [2.24, 2.45) is 0 Å². The predicted molar refractivity (Wildman–Crippen MR) is 85.0 cm³/mol. The Labute approximate surface area is 124 Å². The van der Waals surface area contributed by atoms with Crippen molar-refractivity contribution in [2.75, 3.05) is 24.6 Å². The zero-order chi connectivity index (χ0) is 14.8. The van der Waals surface area contributed by atoms with Gasteiger partial charge in [-0.1, -0.05) is 30.3 Å². The van der Waals surface area contributed by atoms with Crippen LogP contribution < -0.4 is 11.5 Å². The molecule has 1 aliphatic heterocycles. The molecule has 1 fully saturated rings. The van der Waals surface area contributed by atoms with Gasteiger partial charge in [0.05, 0.1) is 0 Å². The molecule has 1 heterocycles. The van der Waals surface area contributed by atoms with E-state index in [1.54, 1.807) is 18.2 Å².